The van der Waals surface area contributed by atoms with Gasteiger partial charge in [0.2, 0.25) is 11.8 Å². The summed E-state index contributed by atoms with van der Waals surface area (Å²) in [5.41, 5.74) is -0.636. The number of anilines is 1. The molecule has 0 unspecified atom stereocenters. The molecule has 0 radical (unpaired) electrons. The van der Waals surface area contributed by atoms with Crippen LogP contribution < -0.4 is 4.90 Å². The lowest BCUT2D eigenvalue weighted by atomic mass is 10.0. The van der Waals surface area contributed by atoms with Crippen LogP contribution in [0.1, 0.15) is 13.8 Å². The van der Waals surface area contributed by atoms with E-state index < -0.39 is 17.4 Å². The number of thioether (sulfide) groups is 1. The number of hydrogen-bond donors (Lipinski definition) is 1. The van der Waals surface area contributed by atoms with E-state index >= 15 is 0 Å². The highest BCUT2D eigenvalue weighted by Gasteiger charge is 2.37. The molecule has 1 aromatic rings. The van der Waals surface area contributed by atoms with Gasteiger partial charge in [-0.2, -0.15) is 0 Å². The summed E-state index contributed by atoms with van der Waals surface area (Å²) in [7, 11) is 1.44. The Morgan fingerprint density at radius 2 is 2.00 bits per heavy atom. The molecular formula is C15H18N2O4S. The number of nitrogens with zero attached hydrogens (tertiary/aromatic N) is 2. The molecule has 118 valence electrons. The average Bonchev–Trinajstić information content (AvgIpc) is 2.49. The third-order valence-corrected chi connectivity index (χ3v) is 4.89. The van der Waals surface area contributed by atoms with Crippen LogP contribution in [-0.2, 0) is 14.4 Å². The van der Waals surface area contributed by atoms with E-state index in [0.29, 0.717) is 5.69 Å². The van der Waals surface area contributed by atoms with Gasteiger partial charge in [-0.3, -0.25) is 9.59 Å². The van der Waals surface area contributed by atoms with Crippen LogP contribution in [-0.4, -0.2) is 52.7 Å². The average molecular weight is 322 g/mol. The fraction of sp³-hybridized carbons (Fsp3) is 0.400. The van der Waals surface area contributed by atoms with Crippen molar-refractivity contribution in [3.63, 3.8) is 0 Å². The van der Waals surface area contributed by atoms with Crippen LogP contribution >= 0.6 is 11.8 Å². The Balaban J connectivity index is 2.22. The minimum absolute atomic E-state index is 0.154. The molecule has 1 heterocycles. The molecular weight excluding hydrogens is 304 g/mol. The van der Waals surface area contributed by atoms with Gasteiger partial charge in [0.1, 0.15) is 12.1 Å². The van der Waals surface area contributed by atoms with Crippen LogP contribution in [0.4, 0.5) is 5.69 Å². The Kier molecular flexibility index (Phi) is 4.46. The van der Waals surface area contributed by atoms with Gasteiger partial charge < -0.3 is 14.9 Å². The van der Waals surface area contributed by atoms with Gasteiger partial charge >= 0.3 is 5.97 Å². The summed E-state index contributed by atoms with van der Waals surface area (Å²) in [5.74, 6) is -1.39. The monoisotopic (exact) mass is 322 g/mol. The Labute approximate surface area is 133 Å². The summed E-state index contributed by atoms with van der Waals surface area (Å²) in [6.45, 7) is 2.74. The van der Waals surface area contributed by atoms with E-state index in [-0.39, 0.29) is 18.2 Å². The summed E-state index contributed by atoms with van der Waals surface area (Å²) in [5, 5.41) is 9.20. The zero-order valence-corrected chi connectivity index (χ0v) is 13.5. The quantitative estimate of drug-likeness (QED) is 0.908. The van der Waals surface area contributed by atoms with Crippen molar-refractivity contribution in [2.45, 2.75) is 24.3 Å². The number of hydrogen-bond acceptors (Lipinski definition) is 4. The molecule has 1 aromatic carbocycles. The molecule has 0 fully saturated rings. The molecule has 0 saturated carbocycles. The maximum absolute atomic E-state index is 12.4. The molecule has 2 rings (SSSR count). The van der Waals surface area contributed by atoms with Crippen LogP contribution in [0.5, 0.6) is 0 Å². The van der Waals surface area contributed by atoms with Crippen LogP contribution in [0.25, 0.3) is 0 Å². The number of aliphatic carboxylic acids is 1. The largest absolute Gasteiger partial charge is 0.480 e. The van der Waals surface area contributed by atoms with E-state index in [2.05, 4.69) is 0 Å². The molecule has 2 amide bonds. The third-order valence-electron chi connectivity index (χ3n) is 3.84. The highest BCUT2D eigenvalue weighted by atomic mass is 32.2. The van der Waals surface area contributed by atoms with Crippen molar-refractivity contribution in [1.82, 2.24) is 4.90 Å². The second-order valence-corrected chi connectivity index (χ2v) is 6.57. The SMILES string of the molecule is CN(C(=O)CN1C(=O)CSc2ccccc21)C(C)(C)C(=O)O. The lowest BCUT2D eigenvalue weighted by Gasteiger charge is -2.35. The molecule has 0 bridgehead atoms. The van der Waals surface area contributed by atoms with Crippen LogP contribution in [0.2, 0.25) is 0 Å². The van der Waals surface area contributed by atoms with Crippen molar-refractivity contribution in [2.75, 3.05) is 24.2 Å². The topological polar surface area (TPSA) is 77.9 Å². The lowest BCUT2D eigenvalue weighted by molar-refractivity contribution is -0.154. The first kappa shape index (κ1) is 16.4. The molecule has 22 heavy (non-hydrogen) atoms. The van der Waals surface area contributed by atoms with Crippen LogP contribution in [0.15, 0.2) is 29.2 Å². The number of carboxylic acid groups (broad SMARTS) is 1. The Morgan fingerprint density at radius 3 is 2.64 bits per heavy atom. The Hall–Kier alpha value is -2.02. The molecule has 0 aromatic heterocycles. The van der Waals surface area contributed by atoms with Crippen LogP contribution in [0, 0.1) is 0 Å². The predicted molar refractivity (Wildman–Crippen MR) is 84.0 cm³/mol. The van der Waals surface area contributed by atoms with Gasteiger partial charge in [0.15, 0.2) is 0 Å². The minimum Gasteiger partial charge on any atom is -0.480 e. The van der Waals surface area contributed by atoms with Gasteiger partial charge in [0.05, 0.1) is 11.4 Å². The number of likely N-dealkylation sites (N-methyl/N-ethyl adjacent to an activating group) is 1. The second kappa shape index (κ2) is 6.00. The van der Waals surface area contributed by atoms with Gasteiger partial charge in [-0.05, 0) is 26.0 Å². The Bertz CT molecular complexity index is 630. The first-order valence-electron chi connectivity index (χ1n) is 6.77. The van der Waals surface area contributed by atoms with E-state index in [4.69, 9.17) is 0 Å². The first-order valence-corrected chi connectivity index (χ1v) is 7.76. The van der Waals surface area contributed by atoms with Crippen molar-refractivity contribution in [3.8, 4) is 0 Å². The standard InChI is InChI=1S/C15H18N2O4S/c1-15(2,14(20)21)16(3)12(18)8-17-10-6-4-5-7-11(10)22-9-13(17)19/h4-7H,8-9H2,1-3H3,(H,20,21). The molecule has 0 spiro atoms. The van der Waals surface area contributed by atoms with Gasteiger partial charge in [0, 0.05) is 11.9 Å². The zero-order chi connectivity index (χ0) is 16.5. The number of para-hydroxylation sites is 1. The maximum Gasteiger partial charge on any atom is 0.329 e. The minimum atomic E-state index is -1.33. The fourth-order valence-electron chi connectivity index (χ4n) is 2.02. The highest BCUT2D eigenvalue weighted by molar-refractivity contribution is 8.00. The van der Waals surface area contributed by atoms with Gasteiger partial charge in [0.25, 0.3) is 0 Å². The summed E-state index contributed by atoms with van der Waals surface area (Å²) < 4.78 is 0. The van der Waals surface area contributed by atoms with E-state index in [1.807, 2.05) is 12.1 Å². The number of fused-ring (bicyclic) bond motifs is 1. The van der Waals surface area contributed by atoms with Crippen LogP contribution in [0.3, 0.4) is 0 Å². The van der Waals surface area contributed by atoms with E-state index in [9.17, 15) is 19.5 Å². The maximum atomic E-state index is 12.4. The molecule has 1 aliphatic heterocycles. The number of rotatable bonds is 4. The molecule has 6 nitrogen and oxygen atoms in total. The molecule has 1 aliphatic rings. The van der Waals surface area contributed by atoms with E-state index in [0.717, 1.165) is 9.80 Å². The van der Waals surface area contributed by atoms with Crippen molar-refractivity contribution >= 4 is 35.2 Å². The predicted octanol–water partition coefficient (Wildman–Crippen LogP) is 1.45. The normalized spacial score (nSPS) is 14.5. The summed E-state index contributed by atoms with van der Waals surface area (Å²) in [4.78, 5) is 39.3. The molecule has 1 N–H and O–H groups in total. The molecule has 0 saturated heterocycles. The van der Waals surface area contributed by atoms with Crippen molar-refractivity contribution < 1.29 is 19.5 Å². The number of amides is 2. The Morgan fingerprint density at radius 1 is 1.36 bits per heavy atom. The number of benzene rings is 1. The fourth-order valence-corrected chi connectivity index (χ4v) is 2.96. The lowest BCUT2D eigenvalue weighted by Crippen LogP contribution is -2.54. The first-order chi connectivity index (χ1) is 10.2. The summed E-state index contributed by atoms with van der Waals surface area (Å²) >= 11 is 1.44. The van der Waals surface area contributed by atoms with Crippen molar-refractivity contribution in [3.05, 3.63) is 24.3 Å². The molecule has 0 aliphatic carbocycles. The summed E-state index contributed by atoms with van der Waals surface area (Å²) in [6, 6.07) is 7.37. The third kappa shape index (κ3) is 2.94. The van der Waals surface area contributed by atoms with Gasteiger partial charge in [-0.25, -0.2) is 4.79 Å². The summed E-state index contributed by atoms with van der Waals surface area (Å²) in [6.07, 6.45) is 0. The van der Waals surface area contributed by atoms with Crippen molar-refractivity contribution in [2.24, 2.45) is 0 Å². The van der Waals surface area contributed by atoms with E-state index in [1.54, 1.807) is 12.1 Å². The molecule has 0 atom stereocenters. The molecule has 7 heteroatoms. The van der Waals surface area contributed by atoms with Crippen molar-refractivity contribution in [1.29, 1.82) is 0 Å². The number of carboxylic acids is 1. The highest BCUT2D eigenvalue weighted by Crippen LogP contribution is 2.34. The second-order valence-electron chi connectivity index (χ2n) is 5.55. The number of carbonyl (C=O) groups excluding carboxylic acids is 2. The number of carbonyl (C=O) groups is 3. The zero-order valence-electron chi connectivity index (χ0n) is 12.7. The van der Waals surface area contributed by atoms with Gasteiger partial charge in [-0.1, -0.05) is 12.1 Å². The smallest absolute Gasteiger partial charge is 0.329 e. The van der Waals surface area contributed by atoms with E-state index in [1.165, 1.54) is 37.6 Å². The van der Waals surface area contributed by atoms with Gasteiger partial charge in [-0.15, -0.1) is 11.8 Å².